The van der Waals surface area contributed by atoms with E-state index < -0.39 is 12.5 Å². The molecule has 14 heavy (non-hydrogen) atoms. The van der Waals surface area contributed by atoms with Crippen LogP contribution in [0.2, 0.25) is 0 Å². The number of aliphatic hydroxyl groups is 1. The van der Waals surface area contributed by atoms with Gasteiger partial charge in [0, 0.05) is 10.0 Å². The third-order valence-electron chi connectivity index (χ3n) is 1.87. The van der Waals surface area contributed by atoms with Gasteiger partial charge in [0.1, 0.15) is 0 Å². The van der Waals surface area contributed by atoms with E-state index >= 15 is 0 Å². The largest absolute Gasteiger partial charge is 0.394 e. The molecule has 0 aromatic heterocycles. The summed E-state index contributed by atoms with van der Waals surface area (Å²) in [5, 5.41) is 8.80. The summed E-state index contributed by atoms with van der Waals surface area (Å²) in [5.41, 5.74) is 6.11. The monoisotopic (exact) mass is 265 g/mol. The zero-order valence-electron chi connectivity index (χ0n) is 7.25. The summed E-state index contributed by atoms with van der Waals surface area (Å²) in [6, 6.07) is 3.57. The Morgan fingerprint density at radius 1 is 1.43 bits per heavy atom. The molecular formula is C9H10BrF2NO. The van der Waals surface area contributed by atoms with E-state index in [1.165, 1.54) is 18.2 Å². The number of benzene rings is 1. The Morgan fingerprint density at radius 3 is 2.50 bits per heavy atom. The fourth-order valence-electron chi connectivity index (χ4n) is 1.08. The van der Waals surface area contributed by atoms with Gasteiger partial charge in [0.2, 0.25) is 0 Å². The van der Waals surface area contributed by atoms with Crippen molar-refractivity contribution in [3.8, 4) is 0 Å². The number of hydrogen-bond donors (Lipinski definition) is 2. The van der Waals surface area contributed by atoms with Crippen molar-refractivity contribution in [2.75, 3.05) is 6.61 Å². The molecule has 0 aliphatic rings. The minimum atomic E-state index is -2.49. The third-order valence-corrected chi connectivity index (χ3v) is 2.56. The molecule has 1 aromatic carbocycles. The van der Waals surface area contributed by atoms with Crippen molar-refractivity contribution < 1.29 is 13.9 Å². The Bertz CT molecular complexity index is 320. The molecule has 5 heteroatoms. The van der Waals surface area contributed by atoms with E-state index in [1.807, 2.05) is 0 Å². The standard InChI is InChI=1S/C9H10BrF2NO/c10-7-3-5(9(11)12)1-2-6(7)8(13)4-14/h1-3,8-9,14H,4,13H2/t8-/m1/s1. The van der Waals surface area contributed by atoms with E-state index in [-0.39, 0.29) is 12.2 Å². The average Bonchev–Trinajstić information content (AvgIpc) is 2.16. The highest BCUT2D eigenvalue weighted by atomic mass is 79.9. The lowest BCUT2D eigenvalue weighted by Crippen LogP contribution is -2.15. The van der Waals surface area contributed by atoms with E-state index in [9.17, 15) is 8.78 Å². The smallest absolute Gasteiger partial charge is 0.263 e. The van der Waals surface area contributed by atoms with Crippen LogP contribution in [0.5, 0.6) is 0 Å². The number of aliphatic hydroxyl groups excluding tert-OH is 1. The fourth-order valence-corrected chi connectivity index (χ4v) is 1.77. The lowest BCUT2D eigenvalue weighted by atomic mass is 10.1. The highest BCUT2D eigenvalue weighted by molar-refractivity contribution is 9.10. The van der Waals surface area contributed by atoms with Crippen molar-refractivity contribution in [2.45, 2.75) is 12.5 Å². The third kappa shape index (κ3) is 2.50. The molecule has 0 saturated carbocycles. The van der Waals surface area contributed by atoms with Crippen LogP contribution in [0.15, 0.2) is 22.7 Å². The van der Waals surface area contributed by atoms with E-state index in [0.717, 1.165) is 0 Å². The molecule has 0 spiro atoms. The number of alkyl halides is 2. The highest BCUT2D eigenvalue weighted by Gasteiger charge is 2.12. The van der Waals surface area contributed by atoms with Gasteiger partial charge in [0.05, 0.1) is 12.6 Å². The van der Waals surface area contributed by atoms with Crippen LogP contribution in [0.25, 0.3) is 0 Å². The second kappa shape index (κ2) is 4.82. The first-order valence-corrected chi connectivity index (χ1v) is 4.79. The maximum atomic E-state index is 12.3. The van der Waals surface area contributed by atoms with Gasteiger partial charge in [0.25, 0.3) is 6.43 Å². The summed E-state index contributed by atoms with van der Waals surface area (Å²) in [5.74, 6) is 0. The van der Waals surface area contributed by atoms with Gasteiger partial charge in [-0.05, 0) is 11.6 Å². The normalized spacial score (nSPS) is 13.3. The number of nitrogens with two attached hydrogens (primary N) is 1. The SMILES string of the molecule is N[C@H](CO)c1ccc(C(F)F)cc1Br. The summed E-state index contributed by atoms with van der Waals surface area (Å²) in [6.45, 7) is -0.216. The maximum Gasteiger partial charge on any atom is 0.263 e. The van der Waals surface area contributed by atoms with Gasteiger partial charge >= 0.3 is 0 Å². The molecule has 0 aliphatic carbocycles. The molecule has 0 heterocycles. The molecule has 0 fully saturated rings. The van der Waals surface area contributed by atoms with Crippen LogP contribution in [0.3, 0.4) is 0 Å². The quantitative estimate of drug-likeness (QED) is 0.882. The molecule has 0 bridgehead atoms. The molecule has 1 atom stereocenters. The summed E-state index contributed by atoms with van der Waals surface area (Å²) in [7, 11) is 0. The molecule has 0 saturated heterocycles. The van der Waals surface area contributed by atoms with Crippen LogP contribution >= 0.6 is 15.9 Å². The van der Waals surface area contributed by atoms with Crippen LogP contribution in [-0.4, -0.2) is 11.7 Å². The number of halogens is 3. The minimum absolute atomic E-state index is 0.0641. The van der Waals surface area contributed by atoms with Crippen LogP contribution in [-0.2, 0) is 0 Å². The number of rotatable bonds is 3. The molecule has 0 unspecified atom stereocenters. The van der Waals surface area contributed by atoms with Crippen molar-refractivity contribution in [3.63, 3.8) is 0 Å². The van der Waals surface area contributed by atoms with E-state index in [1.54, 1.807) is 0 Å². The van der Waals surface area contributed by atoms with Crippen molar-refractivity contribution in [1.82, 2.24) is 0 Å². The van der Waals surface area contributed by atoms with Crippen molar-refractivity contribution >= 4 is 15.9 Å². The van der Waals surface area contributed by atoms with Crippen LogP contribution in [0, 0.1) is 0 Å². The van der Waals surface area contributed by atoms with Gasteiger partial charge in [0.15, 0.2) is 0 Å². The molecule has 2 nitrogen and oxygen atoms in total. The lowest BCUT2D eigenvalue weighted by molar-refractivity contribution is 0.151. The summed E-state index contributed by atoms with van der Waals surface area (Å²) >= 11 is 3.13. The first-order valence-electron chi connectivity index (χ1n) is 4.00. The summed E-state index contributed by atoms with van der Waals surface area (Å²) in [4.78, 5) is 0. The Kier molecular flexibility index (Phi) is 3.97. The Balaban J connectivity index is 3.01. The molecule has 78 valence electrons. The van der Waals surface area contributed by atoms with Gasteiger partial charge < -0.3 is 10.8 Å². The molecule has 1 rings (SSSR count). The second-order valence-corrected chi connectivity index (χ2v) is 3.73. The van der Waals surface area contributed by atoms with E-state index in [4.69, 9.17) is 10.8 Å². The van der Waals surface area contributed by atoms with Gasteiger partial charge in [-0.3, -0.25) is 0 Å². The van der Waals surface area contributed by atoms with Crippen molar-refractivity contribution in [1.29, 1.82) is 0 Å². The van der Waals surface area contributed by atoms with Gasteiger partial charge in [-0.15, -0.1) is 0 Å². The lowest BCUT2D eigenvalue weighted by Gasteiger charge is -2.11. The topological polar surface area (TPSA) is 46.2 Å². The first-order chi connectivity index (χ1) is 6.56. The predicted octanol–water partition coefficient (Wildman–Crippen LogP) is 2.38. The highest BCUT2D eigenvalue weighted by Crippen LogP contribution is 2.27. The average molecular weight is 266 g/mol. The van der Waals surface area contributed by atoms with Gasteiger partial charge in [-0.1, -0.05) is 28.1 Å². The Morgan fingerprint density at radius 2 is 2.07 bits per heavy atom. The summed E-state index contributed by atoms with van der Waals surface area (Å²) < 4.78 is 25.0. The molecule has 0 aliphatic heterocycles. The molecule has 3 N–H and O–H groups in total. The van der Waals surface area contributed by atoms with E-state index in [2.05, 4.69) is 15.9 Å². The second-order valence-electron chi connectivity index (χ2n) is 2.87. The Hall–Kier alpha value is -0.520. The predicted molar refractivity (Wildman–Crippen MR) is 53.1 cm³/mol. The Labute approximate surface area is 88.9 Å². The summed E-state index contributed by atoms with van der Waals surface area (Å²) in [6.07, 6.45) is -2.49. The molecular weight excluding hydrogens is 256 g/mol. The van der Waals surface area contributed by atoms with Crippen molar-refractivity contribution in [2.24, 2.45) is 5.73 Å². The maximum absolute atomic E-state index is 12.3. The van der Waals surface area contributed by atoms with Gasteiger partial charge in [-0.2, -0.15) is 0 Å². The first kappa shape index (κ1) is 11.6. The minimum Gasteiger partial charge on any atom is -0.394 e. The van der Waals surface area contributed by atoms with Crippen molar-refractivity contribution in [3.05, 3.63) is 33.8 Å². The molecule has 0 radical (unpaired) electrons. The van der Waals surface area contributed by atoms with Crippen LogP contribution in [0.1, 0.15) is 23.6 Å². The zero-order chi connectivity index (χ0) is 10.7. The van der Waals surface area contributed by atoms with Crippen LogP contribution < -0.4 is 5.73 Å². The fraction of sp³-hybridized carbons (Fsp3) is 0.333. The van der Waals surface area contributed by atoms with E-state index in [0.29, 0.717) is 10.0 Å². The van der Waals surface area contributed by atoms with Gasteiger partial charge in [-0.25, -0.2) is 8.78 Å². The van der Waals surface area contributed by atoms with Crippen LogP contribution in [0.4, 0.5) is 8.78 Å². The zero-order valence-corrected chi connectivity index (χ0v) is 8.84. The molecule has 1 aromatic rings. The molecule has 0 amide bonds. The number of hydrogen-bond acceptors (Lipinski definition) is 2.